The summed E-state index contributed by atoms with van der Waals surface area (Å²) in [6, 6.07) is 0. The minimum atomic E-state index is -3.60. The van der Waals surface area contributed by atoms with Gasteiger partial charge in [-0.1, -0.05) is 13.3 Å². The molecule has 0 fully saturated rings. The Kier molecular flexibility index (Phi) is 6.23. The van der Waals surface area contributed by atoms with Crippen molar-refractivity contribution in [2.24, 2.45) is 11.5 Å². The maximum Gasteiger partial charge on any atom is 0.283 e. The van der Waals surface area contributed by atoms with Gasteiger partial charge >= 0.3 is 0 Å². The van der Waals surface area contributed by atoms with Crippen LogP contribution in [0.25, 0.3) is 0 Å². The van der Waals surface area contributed by atoms with Gasteiger partial charge in [-0.25, -0.2) is 0 Å². The van der Waals surface area contributed by atoms with Crippen molar-refractivity contribution in [3.8, 4) is 0 Å². The van der Waals surface area contributed by atoms with Crippen LogP contribution in [0.2, 0.25) is 0 Å². The fraction of sp³-hybridized carbons (Fsp3) is 1.00. The molecule has 0 heterocycles. The Balaban J connectivity index is 3.92. The molecule has 0 radical (unpaired) electrons. The smallest absolute Gasteiger partial charge is 0.283 e. The highest BCUT2D eigenvalue weighted by Gasteiger charge is 2.20. The van der Waals surface area contributed by atoms with Crippen molar-refractivity contribution in [2.45, 2.75) is 31.6 Å². The van der Waals surface area contributed by atoms with Gasteiger partial charge in [0.15, 0.2) is 0 Å². The van der Waals surface area contributed by atoms with Crippen LogP contribution >= 0.6 is 0 Å². The van der Waals surface area contributed by atoms with Gasteiger partial charge in [0.05, 0.1) is 6.61 Å². The van der Waals surface area contributed by atoms with Gasteiger partial charge in [0.25, 0.3) is 10.1 Å². The predicted octanol–water partition coefficient (Wildman–Crippen LogP) is -0.233. The van der Waals surface area contributed by atoms with Crippen molar-refractivity contribution < 1.29 is 12.6 Å². The molecule has 0 aliphatic heterocycles. The molecule has 0 aromatic rings. The standard InChI is InChI=1S/C7H18N2O3S/c1-2-3-6-12-13(10,11)7(9)4-5-8/h7H,2-6,8-9H2,1H3. The van der Waals surface area contributed by atoms with Crippen LogP contribution in [0.15, 0.2) is 0 Å². The summed E-state index contributed by atoms with van der Waals surface area (Å²) in [6.07, 6.45) is 1.84. The van der Waals surface area contributed by atoms with Crippen LogP contribution in [0.1, 0.15) is 26.2 Å². The number of hydrogen-bond donors (Lipinski definition) is 2. The Bertz CT molecular complexity index is 216. The van der Waals surface area contributed by atoms with E-state index >= 15 is 0 Å². The molecule has 1 unspecified atom stereocenters. The monoisotopic (exact) mass is 210 g/mol. The summed E-state index contributed by atoms with van der Waals surface area (Å²) in [5, 5.41) is -0.991. The minimum Gasteiger partial charge on any atom is -0.330 e. The maximum atomic E-state index is 11.2. The molecular weight excluding hydrogens is 192 g/mol. The summed E-state index contributed by atoms with van der Waals surface area (Å²) in [6.45, 7) is 2.41. The molecule has 0 saturated carbocycles. The summed E-state index contributed by atoms with van der Waals surface area (Å²) in [5.74, 6) is 0. The fourth-order valence-corrected chi connectivity index (χ4v) is 1.67. The van der Waals surface area contributed by atoms with Crippen molar-refractivity contribution in [1.29, 1.82) is 0 Å². The molecule has 0 aliphatic carbocycles. The van der Waals surface area contributed by atoms with E-state index in [4.69, 9.17) is 11.5 Å². The van der Waals surface area contributed by atoms with Gasteiger partial charge in [-0.2, -0.15) is 8.42 Å². The van der Waals surface area contributed by atoms with E-state index in [1.165, 1.54) is 0 Å². The quantitative estimate of drug-likeness (QED) is 0.447. The van der Waals surface area contributed by atoms with E-state index in [9.17, 15) is 8.42 Å². The lowest BCUT2D eigenvalue weighted by molar-refractivity contribution is 0.304. The molecule has 0 aromatic carbocycles. The zero-order chi connectivity index (χ0) is 10.3. The summed E-state index contributed by atoms with van der Waals surface area (Å²) in [7, 11) is -3.60. The van der Waals surface area contributed by atoms with E-state index in [-0.39, 0.29) is 19.6 Å². The van der Waals surface area contributed by atoms with Crippen LogP contribution < -0.4 is 11.5 Å². The molecule has 0 aromatic heterocycles. The SMILES string of the molecule is CCCCOS(=O)(=O)C(N)CCN. The fourth-order valence-electron chi connectivity index (χ4n) is 0.715. The summed E-state index contributed by atoms with van der Waals surface area (Å²) in [4.78, 5) is 0. The summed E-state index contributed by atoms with van der Waals surface area (Å²) in [5.41, 5.74) is 10.5. The molecule has 0 aliphatic rings. The number of unbranched alkanes of at least 4 members (excludes halogenated alkanes) is 1. The molecule has 1 atom stereocenters. The normalized spacial score (nSPS) is 14.4. The molecule has 0 amide bonds. The van der Waals surface area contributed by atoms with Gasteiger partial charge in [-0.15, -0.1) is 0 Å². The molecule has 13 heavy (non-hydrogen) atoms. The molecular formula is C7H18N2O3S. The molecule has 4 N–H and O–H groups in total. The van der Waals surface area contributed by atoms with Gasteiger partial charge in [0.2, 0.25) is 0 Å². The average molecular weight is 210 g/mol. The number of rotatable bonds is 7. The van der Waals surface area contributed by atoms with E-state index < -0.39 is 15.5 Å². The van der Waals surface area contributed by atoms with Gasteiger partial charge in [0.1, 0.15) is 5.37 Å². The average Bonchev–Trinajstić information content (AvgIpc) is 2.05. The second-order valence-corrected chi connectivity index (χ2v) is 4.61. The first-order valence-corrected chi connectivity index (χ1v) is 5.85. The molecule has 6 heteroatoms. The van der Waals surface area contributed by atoms with E-state index in [0.717, 1.165) is 6.42 Å². The third-order valence-corrected chi connectivity index (χ3v) is 3.04. The molecule has 0 bridgehead atoms. The lowest BCUT2D eigenvalue weighted by Gasteiger charge is -2.11. The molecule has 0 spiro atoms. The van der Waals surface area contributed by atoms with Crippen LogP contribution in [0.5, 0.6) is 0 Å². The second kappa shape index (κ2) is 6.31. The van der Waals surface area contributed by atoms with E-state index in [2.05, 4.69) is 4.18 Å². The third-order valence-electron chi connectivity index (χ3n) is 1.57. The lowest BCUT2D eigenvalue weighted by Crippen LogP contribution is -2.34. The second-order valence-electron chi connectivity index (χ2n) is 2.78. The maximum absolute atomic E-state index is 11.2. The highest BCUT2D eigenvalue weighted by atomic mass is 32.2. The number of nitrogens with two attached hydrogens (primary N) is 2. The van der Waals surface area contributed by atoms with Gasteiger partial charge in [-0.05, 0) is 19.4 Å². The molecule has 5 nitrogen and oxygen atoms in total. The van der Waals surface area contributed by atoms with Crippen molar-refractivity contribution in [3.05, 3.63) is 0 Å². The van der Waals surface area contributed by atoms with Gasteiger partial charge < -0.3 is 11.5 Å². The topological polar surface area (TPSA) is 95.4 Å². The Morgan fingerprint density at radius 1 is 1.46 bits per heavy atom. The van der Waals surface area contributed by atoms with Crippen LogP contribution in [-0.2, 0) is 14.3 Å². The first-order valence-electron chi connectivity index (χ1n) is 4.38. The van der Waals surface area contributed by atoms with Crippen LogP contribution in [0, 0.1) is 0 Å². The van der Waals surface area contributed by atoms with Crippen LogP contribution in [0.4, 0.5) is 0 Å². The number of hydrogen-bond acceptors (Lipinski definition) is 5. The third kappa shape index (κ3) is 5.20. The Labute approximate surface area is 79.6 Å². The van der Waals surface area contributed by atoms with Crippen LogP contribution in [0.3, 0.4) is 0 Å². The molecule has 80 valence electrons. The van der Waals surface area contributed by atoms with E-state index in [0.29, 0.717) is 6.42 Å². The minimum absolute atomic E-state index is 0.205. The summed E-state index contributed by atoms with van der Waals surface area (Å²) >= 11 is 0. The Morgan fingerprint density at radius 3 is 2.54 bits per heavy atom. The van der Waals surface area contributed by atoms with Gasteiger partial charge in [0, 0.05) is 0 Å². The molecule has 0 saturated heterocycles. The first kappa shape index (κ1) is 12.8. The van der Waals surface area contributed by atoms with Crippen molar-refractivity contribution in [1.82, 2.24) is 0 Å². The van der Waals surface area contributed by atoms with Crippen molar-refractivity contribution >= 4 is 10.1 Å². The zero-order valence-electron chi connectivity index (χ0n) is 7.90. The van der Waals surface area contributed by atoms with Crippen molar-refractivity contribution in [3.63, 3.8) is 0 Å². The molecule has 0 rings (SSSR count). The largest absolute Gasteiger partial charge is 0.330 e. The van der Waals surface area contributed by atoms with E-state index in [1.807, 2.05) is 6.92 Å². The first-order chi connectivity index (χ1) is 6.04. The summed E-state index contributed by atoms with van der Waals surface area (Å²) < 4.78 is 27.1. The predicted molar refractivity (Wildman–Crippen MR) is 51.4 cm³/mol. The van der Waals surface area contributed by atoms with Crippen LogP contribution in [-0.4, -0.2) is 26.9 Å². The highest BCUT2D eigenvalue weighted by molar-refractivity contribution is 7.87. The van der Waals surface area contributed by atoms with Crippen molar-refractivity contribution in [2.75, 3.05) is 13.2 Å². The van der Waals surface area contributed by atoms with E-state index in [1.54, 1.807) is 0 Å². The Morgan fingerprint density at radius 2 is 2.08 bits per heavy atom. The zero-order valence-corrected chi connectivity index (χ0v) is 8.72. The highest BCUT2D eigenvalue weighted by Crippen LogP contribution is 2.03. The lowest BCUT2D eigenvalue weighted by atomic mass is 10.4. The Hall–Kier alpha value is -0.170. The van der Waals surface area contributed by atoms with Gasteiger partial charge in [-0.3, -0.25) is 4.18 Å².